The summed E-state index contributed by atoms with van der Waals surface area (Å²) < 4.78 is 44.8. The lowest BCUT2D eigenvalue weighted by Gasteiger charge is -2.19. The van der Waals surface area contributed by atoms with Gasteiger partial charge < -0.3 is 10.1 Å². The minimum Gasteiger partial charge on any atom is -0.492 e. The summed E-state index contributed by atoms with van der Waals surface area (Å²) in [6.07, 6.45) is 1.67. The van der Waals surface area contributed by atoms with Gasteiger partial charge in [-0.25, -0.2) is 13.2 Å². The Morgan fingerprint density at radius 3 is 2.59 bits per heavy atom. The van der Waals surface area contributed by atoms with Crippen LogP contribution in [-0.4, -0.2) is 12.5 Å². The lowest BCUT2D eigenvalue weighted by atomic mass is 10.0. The van der Waals surface area contributed by atoms with Gasteiger partial charge in [-0.2, -0.15) is 0 Å². The smallest absolute Gasteiger partial charge is 0.259 e. The average molecular weight is 307 g/mol. The van der Waals surface area contributed by atoms with Gasteiger partial charge in [-0.05, 0) is 24.5 Å². The summed E-state index contributed by atoms with van der Waals surface area (Å²) in [5.41, 5.74) is 1.03. The fraction of sp³-hybridized carbons (Fsp3) is 0.188. The van der Waals surface area contributed by atoms with E-state index in [-0.39, 0.29) is 11.3 Å². The predicted octanol–water partition coefficient (Wildman–Crippen LogP) is 3.68. The molecule has 1 aliphatic rings. The van der Waals surface area contributed by atoms with Crippen molar-refractivity contribution in [2.75, 3.05) is 11.9 Å². The van der Waals surface area contributed by atoms with E-state index in [9.17, 15) is 18.0 Å². The molecule has 0 aromatic heterocycles. The van der Waals surface area contributed by atoms with Crippen LogP contribution in [0.3, 0.4) is 0 Å². The number of ether oxygens (including phenoxy) is 1. The highest BCUT2D eigenvalue weighted by atomic mass is 19.2. The summed E-state index contributed by atoms with van der Waals surface area (Å²) in [7, 11) is 0. The van der Waals surface area contributed by atoms with Gasteiger partial charge in [-0.1, -0.05) is 12.1 Å². The molecule has 0 atom stereocenters. The Balaban J connectivity index is 1.89. The molecule has 0 saturated heterocycles. The molecular formula is C16H12F3NO2. The van der Waals surface area contributed by atoms with Crippen molar-refractivity contribution in [3.05, 3.63) is 58.9 Å². The Kier molecular flexibility index (Phi) is 3.75. The Bertz CT molecular complexity index is 723. The molecule has 1 aliphatic heterocycles. The molecule has 1 amide bonds. The minimum atomic E-state index is -1.57. The molecule has 6 heteroatoms. The van der Waals surface area contributed by atoms with Gasteiger partial charge >= 0.3 is 0 Å². The van der Waals surface area contributed by atoms with Crippen LogP contribution in [0.5, 0.6) is 5.75 Å². The molecule has 0 radical (unpaired) electrons. The maximum atomic E-state index is 13.2. The van der Waals surface area contributed by atoms with E-state index in [0.29, 0.717) is 12.4 Å². The van der Waals surface area contributed by atoms with Crippen LogP contribution in [0, 0.1) is 17.5 Å². The predicted molar refractivity (Wildman–Crippen MR) is 74.5 cm³/mol. The quantitative estimate of drug-likeness (QED) is 0.860. The number of hydrogen-bond donors (Lipinski definition) is 1. The molecular weight excluding hydrogens is 295 g/mol. The molecule has 0 bridgehead atoms. The number of para-hydroxylation sites is 1. The number of anilines is 1. The fourth-order valence-corrected chi connectivity index (χ4v) is 2.39. The molecule has 0 saturated carbocycles. The highest BCUT2D eigenvalue weighted by Gasteiger charge is 2.20. The zero-order chi connectivity index (χ0) is 15.7. The third kappa shape index (κ3) is 2.64. The number of benzene rings is 2. The number of halogens is 3. The van der Waals surface area contributed by atoms with Crippen molar-refractivity contribution >= 4 is 11.6 Å². The molecule has 2 aromatic carbocycles. The number of hydrogen-bond acceptors (Lipinski definition) is 2. The van der Waals surface area contributed by atoms with E-state index < -0.39 is 23.4 Å². The third-order valence-corrected chi connectivity index (χ3v) is 3.42. The molecule has 114 valence electrons. The van der Waals surface area contributed by atoms with Crippen molar-refractivity contribution in [3.8, 4) is 5.75 Å². The van der Waals surface area contributed by atoms with E-state index in [2.05, 4.69) is 5.32 Å². The number of nitrogens with one attached hydrogen (secondary N) is 1. The Hall–Kier alpha value is -2.50. The van der Waals surface area contributed by atoms with Crippen LogP contribution in [0.25, 0.3) is 0 Å². The van der Waals surface area contributed by atoms with E-state index in [0.717, 1.165) is 30.5 Å². The van der Waals surface area contributed by atoms with Gasteiger partial charge in [0.25, 0.3) is 5.91 Å². The van der Waals surface area contributed by atoms with Crippen LogP contribution in [-0.2, 0) is 6.42 Å². The number of fused-ring (bicyclic) bond motifs is 1. The van der Waals surface area contributed by atoms with Crippen LogP contribution < -0.4 is 10.1 Å². The Morgan fingerprint density at radius 2 is 1.86 bits per heavy atom. The number of rotatable bonds is 2. The maximum Gasteiger partial charge on any atom is 0.259 e. The lowest BCUT2D eigenvalue weighted by molar-refractivity contribution is 0.102. The summed E-state index contributed by atoms with van der Waals surface area (Å²) >= 11 is 0. The summed E-state index contributed by atoms with van der Waals surface area (Å²) in [6.45, 7) is 0.511. The van der Waals surface area contributed by atoms with Gasteiger partial charge in [0.15, 0.2) is 17.5 Å². The highest BCUT2D eigenvalue weighted by Crippen LogP contribution is 2.29. The molecule has 3 nitrogen and oxygen atoms in total. The molecule has 1 heterocycles. The van der Waals surface area contributed by atoms with Gasteiger partial charge in [-0.15, -0.1) is 0 Å². The van der Waals surface area contributed by atoms with Gasteiger partial charge in [-0.3, -0.25) is 4.79 Å². The van der Waals surface area contributed by atoms with E-state index in [1.165, 1.54) is 0 Å². The molecule has 1 N–H and O–H groups in total. The molecule has 2 aromatic rings. The van der Waals surface area contributed by atoms with Crippen LogP contribution in [0.4, 0.5) is 18.9 Å². The molecule has 0 aliphatic carbocycles. The van der Waals surface area contributed by atoms with Crippen LogP contribution in [0.15, 0.2) is 30.3 Å². The summed E-state index contributed by atoms with van der Waals surface area (Å²) in [6, 6.07) is 6.60. The third-order valence-electron chi connectivity index (χ3n) is 3.42. The summed E-state index contributed by atoms with van der Waals surface area (Å²) in [5, 5.41) is 2.35. The van der Waals surface area contributed by atoms with Crippen LogP contribution >= 0.6 is 0 Å². The number of aryl methyl sites for hydroxylation is 1. The monoisotopic (exact) mass is 307 g/mol. The number of amides is 1. The normalized spacial score (nSPS) is 13.2. The minimum absolute atomic E-state index is 0.158. The molecule has 22 heavy (non-hydrogen) atoms. The van der Waals surface area contributed by atoms with Crippen LogP contribution in [0.1, 0.15) is 22.3 Å². The lowest BCUT2D eigenvalue weighted by Crippen LogP contribution is -2.17. The second-order valence-corrected chi connectivity index (χ2v) is 4.95. The van der Waals surface area contributed by atoms with Crippen molar-refractivity contribution in [1.29, 1.82) is 0 Å². The van der Waals surface area contributed by atoms with Gasteiger partial charge in [0, 0.05) is 17.8 Å². The zero-order valence-electron chi connectivity index (χ0n) is 11.5. The molecule has 3 rings (SSSR count). The Labute approximate surface area is 124 Å². The zero-order valence-corrected chi connectivity index (χ0v) is 11.5. The second-order valence-electron chi connectivity index (χ2n) is 4.95. The van der Waals surface area contributed by atoms with E-state index >= 15 is 0 Å². The topological polar surface area (TPSA) is 38.3 Å². The second kappa shape index (κ2) is 5.71. The van der Waals surface area contributed by atoms with Gasteiger partial charge in [0.2, 0.25) is 0 Å². The average Bonchev–Trinajstić information content (AvgIpc) is 2.52. The molecule has 0 spiro atoms. The maximum absolute atomic E-state index is 13.2. The van der Waals surface area contributed by atoms with E-state index in [1.54, 1.807) is 12.1 Å². The van der Waals surface area contributed by atoms with Gasteiger partial charge in [0.05, 0.1) is 12.2 Å². The van der Waals surface area contributed by atoms with Crippen molar-refractivity contribution in [1.82, 2.24) is 0 Å². The van der Waals surface area contributed by atoms with Crippen molar-refractivity contribution in [3.63, 3.8) is 0 Å². The highest BCUT2D eigenvalue weighted by molar-refractivity contribution is 6.06. The molecule has 0 unspecified atom stereocenters. The van der Waals surface area contributed by atoms with Crippen LogP contribution in [0.2, 0.25) is 0 Å². The SMILES string of the molecule is O=C(Nc1cc(F)c(F)c(F)c1)c1cccc2c1OCCC2. The van der Waals surface area contributed by atoms with Gasteiger partial charge in [0.1, 0.15) is 5.75 Å². The van der Waals surface area contributed by atoms with E-state index in [4.69, 9.17) is 4.74 Å². The van der Waals surface area contributed by atoms with Crippen molar-refractivity contribution in [2.24, 2.45) is 0 Å². The first-order valence-corrected chi connectivity index (χ1v) is 6.77. The molecule has 0 fully saturated rings. The van der Waals surface area contributed by atoms with E-state index in [1.807, 2.05) is 6.07 Å². The first-order chi connectivity index (χ1) is 10.6. The van der Waals surface area contributed by atoms with Crippen molar-refractivity contribution in [2.45, 2.75) is 12.8 Å². The largest absolute Gasteiger partial charge is 0.492 e. The Morgan fingerprint density at radius 1 is 1.14 bits per heavy atom. The summed E-state index contributed by atoms with van der Waals surface area (Å²) in [4.78, 5) is 12.3. The van der Waals surface area contributed by atoms with Crippen molar-refractivity contribution < 1.29 is 22.7 Å². The first-order valence-electron chi connectivity index (χ1n) is 6.77. The number of carbonyl (C=O) groups is 1. The first kappa shape index (κ1) is 14.4. The number of carbonyl (C=O) groups excluding carboxylic acids is 1. The standard InChI is InChI=1S/C16H12F3NO2/c17-12-7-10(8-13(18)14(12)19)20-16(21)11-5-1-3-9-4-2-6-22-15(9)11/h1,3,5,7-8H,2,4,6H2,(H,20,21). The fourth-order valence-electron chi connectivity index (χ4n) is 2.39. The summed E-state index contributed by atoms with van der Waals surface area (Å²) in [5.74, 6) is -4.37.